The Kier molecular flexibility index (Phi) is 12.7. The Bertz CT molecular complexity index is 853. The van der Waals surface area contributed by atoms with E-state index in [9.17, 15) is 29.1 Å². The van der Waals surface area contributed by atoms with Gasteiger partial charge in [-0.15, -0.1) is 0 Å². The highest BCUT2D eigenvalue weighted by molar-refractivity contribution is 7.98. The summed E-state index contributed by atoms with van der Waals surface area (Å²) in [6, 6.07) is 4.67. The Balaban J connectivity index is 2.87. The molecule has 11 nitrogen and oxygen atoms in total. The molecule has 4 amide bonds. The first kappa shape index (κ1) is 28.9. The lowest BCUT2D eigenvalue weighted by Gasteiger charge is -2.23. The molecule has 0 fully saturated rings. The predicted octanol–water partition coefficient (Wildman–Crippen LogP) is -0.866. The largest absolute Gasteiger partial charge is 0.480 e. The van der Waals surface area contributed by atoms with Crippen LogP contribution in [0.25, 0.3) is 0 Å². The zero-order valence-electron chi connectivity index (χ0n) is 19.3. The SMILES string of the molecule is CSCCC(NC(=O)C(C)NC(=O)C(Cc1ccccc1)NC(=O)C(N)CCC(N)=O)C(=O)O. The van der Waals surface area contributed by atoms with E-state index in [0.29, 0.717) is 5.75 Å². The van der Waals surface area contributed by atoms with Gasteiger partial charge in [-0.2, -0.15) is 11.8 Å². The molecule has 1 aromatic carbocycles. The van der Waals surface area contributed by atoms with Crippen LogP contribution in [0.15, 0.2) is 30.3 Å². The standard InChI is InChI=1S/C22H33N5O6S/c1-13(19(29)26-16(22(32)33)10-11-34-2)25-21(31)17(12-14-6-4-3-5-7-14)27-20(30)15(23)8-9-18(24)28/h3-7,13,15-17H,8-12,23H2,1-2H3,(H2,24,28)(H,25,31)(H,26,29)(H,27,30)(H,32,33). The van der Waals surface area contributed by atoms with Crippen molar-refractivity contribution in [2.24, 2.45) is 11.5 Å². The number of hydrogen-bond donors (Lipinski definition) is 6. The molecule has 188 valence electrons. The van der Waals surface area contributed by atoms with Crippen LogP contribution >= 0.6 is 11.8 Å². The van der Waals surface area contributed by atoms with Crippen LogP contribution in [0.2, 0.25) is 0 Å². The van der Waals surface area contributed by atoms with Gasteiger partial charge in [0.05, 0.1) is 6.04 Å². The van der Waals surface area contributed by atoms with Crippen molar-refractivity contribution in [2.75, 3.05) is 12.0 Å². The molecule has 0 heterocycles. The van der Waals surface area contributed by atoms with Gasteiger partial charge < -0.3 is 32.5 Å². The van der Waals surface area contributed by atoms with E-state index in [0.717, 1.165) is 5.56 Å². The number of primary amides is 1. The minimum Gasteiger partial charge on any atom is -0.480 e. The van der Waals surface area contributed by atoms with Crippen molar-refractivity contribution >= 4 is 41.4 Å². The van der Waals surface area contributed by atoms with E-state index in [1.54, 1.807) is 30.3 Å². The van der Waals surface area contributed by atoms with E-state index in [4.69, 9.17) is 11.5 Å². The molecule has 0 aromatic heterocycles. The van der Waals surface area contributed by atoms with E-state index in [1.165, 1.54) is 18.7 Å². The molecular formula is C22H33N5O6S. The molecule has 34 heavy (non-hydrogen) atoms. The van der Waals surface area contributed by atoms with Crippen molar-refractivity contribution in [1.82, 2.24) is 16.0 Å². The second kappa shape index (κ2) is 14.9. The van der Waals surface area contributed by atoms with Crippen LogP contribution in [0.1, 0.15) is 31.7 Å². The number of hydrogen-bond acceptors (Lipinski definition) is 7. The third-order valence-corrected chi connectivity index (χ3v) is 5.58. The van der Waals surface area contributed by atoms with Crippen molar-refractivity contribution in [1.29, 1.82) is 0 Å². The van der Waals surface area contributed by atoms with Gasteiger partial charge in [0.2, 0.25) is 23.6 Å². The maximum atomic E-state index is 12.9. The van der Waals surface area contributed by atoms with Crippen LogP contribution in [0.5, 0.6) is 0 Å². The summed E-state index contributed by atoms with van der Waals surface area (Å²) in [6.45, 7) is 1.42. The average Bonchev–Trinajstić information content (AvgIpc) is 2.79. The number of rotatable bonds is 15. The molecule has 0 spiro atoms. The van der Waals surface area contributed by atoms with Gasteiger partial charge >= 0.3 is 5.97 Å². The smallest absolute Gasteiger partial charge is 0.326 e. The van der Waals surface area contributed by atoms with Gasteiger partial charge in [0, 0.05) is 12.8 Å². The van der Waals surface area contributed by atoms with Gasteiger partial charge in [0.1, 0.15) is 18.1 Å². The van der Waals surface area contributed by atoms with Crippen molar-refractivity contribution in [3.05, 3.63) is 35.9 Å². The van der Waals surface area contributed by atoms with E-state index in [1.807, 2.05) is 6.26 Å². The maximum absolute atomic E-state index is 12.9. The molecule has 4 atom stereocenters. The predicted molar refractivity (Wildman–Crippen MR) is 129 cm³/mol. The highest BCUT2D eigenvalue weighted by Gasteiger charge is 2.28. The Morgan fingerprint density at radius 1 is 0.941 bits per heavy atom. The number of carboxylic acid groups (broad SMARTS) is 1. The number of carbonyl (C=O) groups excluding carboxylic acids is 4. The fourth-order valence-electron chi connectivity index (χ4n) is 2.94. The summed E-state index contributed by atoms with van der Waals surface area (Å²) in [5.41, 5.74) is 11.7. The highest BCUT2D eigenvalue weighted by Crippen LogP contribution is 2.06. The van der Waals surface area contributed by atoms with Gasteiger partial charge in [-0.05, 0) is 37.3 Å². The zero-order chi connectivity index (χ0) is 25.7. The molecular weight excluding hydrogens is 462 g/mol. The van der Waals surface area contributed by atoms with Gasteiger partial charge in [0.15, 0.2) is 0 Å². The van der Waals surface area contributed by atoms with Gasteiger partial charge in [-0.25, -0.2) is 4.79 Å². The van der Waals surface area contributed by atoms with Crippen molar-refractivity contribution in [3.63, 3.8) is 0 Å². The fraction of sp³-hybridized carbons (Fsp3) is 0.500. The maximum Gasteiger partial charge on any atom is 0.326 e. The van der Waals surface area contributed by atoms with Gasteiger partial charge in [-0.1, -0.05) is 30.3 Å². The Morgan fingerprint density at radius 2 is 1.56 bits per heavy atom. The Hall–Kier alpha value is -3.12. The first-order chi connectivity index (χ1) is 16.0. The van der Waals surface area contributed by atoms with E-state index >= 15 is 0 Å². The number of amides is 4. The molecule has 0 saturated heterocycles. The number of carbonyl (C=O) groups is 5. The highest BCUT2D eigenvalue weighted by atomic mass is 32.2. The number of nitrogens with two attached hydrogens (primary N) is 2. The minimum atomic E-state index is -1.17. The number of nitrogens with one attached hydrogen (secondary N) is 3. The van der Waals surface area contributed by atoms with Gasteiger partial charge in [0.25, 0.3) is 0 Å². The summed E-state index contributed by atoms with van der Waals surface area (Å²) in [4.78, 5) is 60.2. The van der Waals surface area contributed by atoms with Crippen LogP contribution in [0.4, 0.5) is 0 Å². The lowest BCUT2D eigenvalue weighted by molar-refractivity contribution is -0.142. The minimum absolute atomic E-state index is 0.0201. The molecule has 0 bridgehead atoms. The second-order valence-electron chi connectivity index (χ2n) is 7.77. The topological polar surface area (TPSA) is 194 Å². The third kappa shape index (κ3) is 10.7. The van der Waals surface area contributed by atoms with E-state index < -0.39 is 53.8 Å². The summed E-state index contributed by atoms with van der Waals surface area (Å²) in [6.07, 6.45) is 2.12. The summed E-state index contributed by atoms with van der Waals surface area (Å²) in [5.74, 6) is -3.17. The number of benzene rings is 1. The Morgan fingerprint density at radius 3 is 2.12 bits per heavy atom. The first-order valence-corrected chi connectivity index (χ1v) is 12.1. The fourth-order valence-corrected chi connectivity index (χ4v) is 3.41. The summed E-state index contributed by atoms with van der Waals surface area (Å²) >= 11 is 1.45. The second-order valence-corrected chi connectivity index (χ2v) is 8.76. The van der Waals surface area contributed by atoms with Crippen LogP contribution in [0.3, 0.4) is 0 Å². The van der Waals surface area contributed by atoms with Gasteiger partial charge in [-0.3, -0.25) is 19.2 Å². The molecule has 0 radical (unpaired) electrons. The number of aliphatic carboxylic acids is 1. The molecule has 1 aromatic rings. The average molecular weight is 496 g/mol. The van der Waals surface area contributed by atoms with Crippen LogP contribution in [-0.2, 0) is 30.4 Å². The number of thioether (sulfide) groups is 1. The van der Waals surface area contributed by atoms with Crippen LogP contribution in [0, 0.1) is 0 Å². The first-order valence-electron chi connectivity index (χ1n) is 10.8. The molecule has 0 aliphatic carbocycles. The summed E-state index contributed by atoms with van der Waals surface area (Å²) in [7, 11) is 0. The lowest BCUT2D eigenvalue weighted by Crippen LogP contribution is -2.57. The van der Waals surface area contributed by atoms with Crippen LogP contribution < -0.4 is 27.4 Å². The summed E-state index contributed by atoms with van der Waals surface area (Å²) < 4.78 is 0. The third-order valence-electron chi connectivity index (χ3n) is 4.93. The molecule has 8 N–H and O–H groups in total. The molecule has 0 saturated carbocycles. The molecule has 4 unspecified atom stereocenters. The van der Waals surface area contributed by atoms with E-state index in [-0.39, 0.29) is 25.7 Å². The van der Waals surface area contributed by atoms with Crippen molar-refractivity contribution < 1.29 is 29.1 Å². The van der Waals surface area contributed by atoms with E-state index in [2.05, 4.69) is 16.0 Å². The molecule has 0 aliphatic rings. The van der Waals surface area contributed by atoms with Crippen molar-refractivity contribution in [2.45, 2.75) is 56.8 Å². The van der Waals surface area contributed by atoms with Crippen molar-refractivity contribution in [3.8, 4) is 0 Å². The molecule has 1 rings (SSSR count). The zero-order valence-corrected chi connectivity index (χ0v) is 20.1. The summed E-state index contributed by atoms with van der Waals surface area (Å²) in [5, 5.41) is 16.8. The number of carboxylic acids is 1. The molecule has 0 aliphatic heterocycles. The lowest BCUT2D eigenvalue weighted by atomic mass is 10.0. The quantitative estimate of drug-likeness (QED) is 0.181. The van der Waals surface area contributed by atoms with Crippen LogP contribution in [-0.4, -0.2) is 70.9 Å². The monoisotopic (exact) mass is 495 g/mol. The Labute approximate surface area is 202 Å². The molecule has 12 heteroatoms. The normalized spacial score (nSPS) is 14.2.